The normalized spacial score (nSPS) is 10.2. The highest BCUT2D eigenvalue weighted by molar-refractivity contribution is 5.98. The highest BCUT2D eigenvalue weighted by Gasteiger charge is 2.11. The van der Waals surface area contributed by atoms with Gasteiger partial charge in [-0.1, -0.05) is 6.07 Å². The molecule has 1 aromatic rings. The topological polar surface area (TPSA) is 95.6 Å². The lowest BCUT2D eigenvalue weighted by atomic mass is 10.1. The number of carbonyl (C=O) groups excluding carboxylic acids is 1. The lowest BCUT2D eigenvalue weighted by molar-refractivity contribution is 0.0950. The predicted molar refractivity (Wildman–Crippen MR) is 65.8 cm³/mol. The fourth-order valence-electron chi connectivity index (χ4n) is 1.46. The molecule has 1 rings (SSSR count). The van der Waals surface area contributed by atoms with Crippen LogP contribution in [0.1, 0.15) is 29.6 Å². The second-order valence-electron chi connectivity index (χ2n) is 3.78. The molecule has 0 bridgehead atoms. The largest absolute Gasteiger partial charge is 0.505 e. The second-order valence-corrected chi connectivity index (χ2v) is 3.78. The summed E-state index contributed by atoms with van der Waals surface area (Å²) in [7, 11) is 0. The molecule has 0 radical (unpaired) electrons. The standard InChI is InChI=1S/C12H18N2O3/c13-10-6-4-5-9(11(10)16)12(17)14-7-2-1-3-8-15/h4-6,15-16H,1-3,7-8,13H2,(H,14,17). The van der Waals surface area contributed by atoms with Crippen molar-refractivity contribution in [1.29, 1.82) is 0 Å². The van der Waals surface area contributed by atoms with Gasteiger partial charge in [0.25, 0.3) is 5.91 Å². The number of nitrogen functional groups attached to an aromatic ring is 1. The number of phenolic OH excluding ortho intramolecular Hbond substituents is 1. The maximum absolute atomic E-state index is 11.7. The van der Waals surface area contributed by atoms with Crippen LogP contribution < -0.4 is 11.1 Å². The van der Waals surface area contributed by atoms with Crippen molar-refractivity contribution < 1.29 is 15.0 Å². The van der Waals surface area contributed by atoms with Crippen molar-refractivity contribution in [2.45, 2.75) is 19.3 Å². The van der Waals surface area contributed by atoms with Crippen molar-refractivity contribution in [3.05, 3.63) is 23.8 Å². The summed E-state index contributed by atoms with van der Waals surface area (Å²) in [5.41, 5.74) is 5.87. The van der Waals surface area contributed by atoms with Crippen LogP contribution in [0.5, 0.6) is 5.75 Å². The van der Waals surface area contributed by atoms with Crippen LogP contribution in [0.2, 0.25) is 0 Å². The number of nitrogens with two attached hydrogens (primary N) is 1. The lowest BCUT2D eigenvalue weighted by Crippen LogP contribution is -2.24. The van der Waals surface area contributed by atoms with E-state index in [1.165, 1.54) is 12.1 Å². The molecular weight excluding hydrogens is 220 g/mol. The molecule has 0 aromatic heterocycles. The summed E-state index contributed by atoms with van der Waals surface area (Å²) in [6, 6.07) is 4.68. The number of hydrogen-bond donors (Lipinski definition) is 4. The van der Waals surface area contributed by atoms with Gasteiger partial charge < -0.3 is 21.3 Å². The van der Waals surface area contributed by atoms with E-state index in [4.69, 9.17) is 10.8 Å². The van der Waals surface area contributed by atoms with E-state index < -0.39 is 0 Å². The Morgan fingerprint density at radius 2 is 2.06 bits per heavy atom. The van der Waals surface area contributed by atoms with Crippen molar-refractivity contribution in [2.75, 3.05) is 18.9 Å². The number of unbranched alkanes of at least 4 members (excludes halogenated alkanes) is 2. The summed E-state index contributed by atoms with van der Waals surface area (Å²) in [4.78, 5) is 11.7. The number of phenols is 1. The van der Waals surface area contributed by atoms with Crippen molar-refractivity contribution in [2.24, 2.45) is 0 Å². The minimum atomic E-state index is -0.334. The number of nitrogens with one attached hydrogen (secondary N) is 1. The molecule has 1 aromatic carbocycles. The minimum Gasteiger partial charge on any atom is -0.505 e. The first-order valence-corrected chi connectivity index (χ1v) is 5.63. The van der Waals surface area contributed by atoms with Crippen molar-refractivity contribution >= 4 is 11.6 Å². The lowest BCUT2D eigenvalue weighted by Gasteiger charge is -2.07. The fraction of sp³-hybridized carbons (Fsp3) is 0.417. The Bertz CT molecular complexity index is 380. The summed E-state index contributed by atoms with van der Waals surface area (Å²) < 4.78 is 0. The van der Waals surface area contributed by atoms with Gasteiger partial charge in [0.1, 0.15) is 0 Å². The fourth-order valence-corrected chi connectivity index (χ4v) is 1.46. The van der Waals surface area contributed by atoms with E-state index in [0.29, 0.717) is 6.54 Å². The van der Waals surface area contributed by atoms with Crippen LogP contribution in [0, 0.1) is 0 Å². The SMILES string of the molecule is Nc1cccc(C(=O)NCCCCCO)c1O. The first kappa shape index (κ1) is 13.3. The van der Waals surface area contributed by atoms with E-state index in [1.54, 1.807) is 6.07 Å². The van der Waals surface area contributed by atoms with Crippen molar-refractivity contribution in [3.63, 3.8) is 0 Å². The van der Waals surface area contributed by atoms with E-state index in [9.17, 15) is 9.90 Å². The number of amides is 1. The smallest absolute Gasteiger partial charge is 0.255 e. The van der Waals surface area contributed by atoms with Crippen LogP contribution >= 0.6 is 0 Å². The molecular formula is C12H18N2O3. The molecule has 0 atom stereocenters. The van der Waals surface area contributed by atoms with Crippen LogP contribution in [0.15, 0.2) is 18.2 Å². The maximum atomic E-state index is 11.7. The number of para-hydroxylation sites is 1. The minimum absolute atomic E-state index is 0.171. The van der Waals surface area contributed by atoms with Gasteiger partial charge in [-0.3, -0.25) is 4.79 Å². The summed E-state index contributed by atoms with van der Waals surface area (Å²) in [6.07, 6.45) is 2.40. The van der Waals surface area contributed by atoms with Crippen LogP contribution in [0.25, 0.3) is 0 Å². The summed E-state index contributed by atoms with van der Waals surface area (Å²) in [5.74, 6) is -0.515. The molecule has 0 aliphatic rings. The zero-order chi connectivity index (χ0) is 12.7. The van der Waals surface area contributed by atoms with Gasteiger partial charge in [-0.15, -0.1) is 0 Å². The van der Waals surface area contributed by atoms with E-state index >= 15 is 0 Å². The van der Waals surface area contributed by atoms with Gasteiger partial charge in [0.2, 0.25) is 0 Å². The Hall–Kier alpha value is -1.75. The molecule has 5 N–H and O–H groups in total. The molecule has 5 nitrogen and oxygen atoms in total. The van der Waals surface area contributed by atoms with Crippen molar-refractivity contribution in [1.82, 2.24) is 5.32 Å². The molecule has 0 heterocycles. The molecule has 0 spiro atoms. The third-order valence-corrected chi connectivity index (χ3v) is 2.43. The van der Waals surface area contributed by atoms with Crippen LogP contribution in [-0.4, -0.2) is 29.3 Å². The van der Waals surface area contributed by atoms with Crippen LogP contribution in [0.3, 0.4) is 0 Å². The number of hydrogen-bond acceptors (Lipinski definition) is 4. The average molecular weight is 238 g/mol. The molecule has 0 saturated carbocycles. The summed E-state index contributed by atoms with van der Waals surface area (Å²) in [5, 5.41) is 20.9. The number of rotatable bonds is 6. The number of aliphatic hydroxyl groups is 1. The Balaban J connectivity index is 2.44. The molecule has 0 aliphatic heterocycles. The Morgan fingerprint density at radius 3 is 2.76 bits per heavy atom. The number of carbonyl (C=O) groups is 1. The quantitative estimate of drug-likeness (QED) is 0.336. The van der Waals surface area contributed by atoms with Crippen LogP contribution in [-0.2, 0) is 0 Å². The first-order valence-electron chi connectivity index (χ1n) is 5.63. The molecule has 17 heavy (non-hydrogen) atoms. The number of anilines is 1. The van der Waals surface area contributed by atoms with Gasteiger partial charge in [-0.05, 0) is 31.4 Å². The van der Waals surface area contributed by atoms with E-state index in [-0.39, 0.29) is 29.5 Å². The monoisotopic (exact) mass is 238 g/mol. The zero-order valence-electron chi connectivity index (χ0n) is 9.65. The molecule has 0 unspecified atom stereocenters. The molecule has 0 aliphatic carbocycles. The number of benzene rings is 1. The van der Waals surface area contributed by atoms with Gasteiger partial charge >= 0.3 is 0 Å². The average Bonchev–Trinajstić information content (AvgIpc) is 2.32. The predicted octanol–water partition coefficient (Wildman–Crippen LogP) is 0.867. The third-order valence-electron chi connectivity index (χ3n) is 2.43. The molecule has 5 heteroatoms. The zero-order valence-corrected chi connectivity index (χ0v) is 9.65. The van der Waals surface area contributed by atoms with Gasteiger partial charge in [-0.2, -0.15) is 0 Å². The first-order chi connectivity index (χ1) is 8.16. The summed E-state index contributed by atoms with van der Waals surface area (Å²) >= 11 is 0. The van der Waals surface area contributed by atoms with Crippen LogP contribution in [0.4, 0.5) is 5.69 Å². The van der Waals surface area contributed by atoms with E-state index in [1.807, 2.05) is 0 Å². The van der Waals surface area contributed by atoms with E-state index in [0.717, 1.165) is 19.3 Å². The Labute approximate surface area is 100 Å². The Morgan fingerprint density at radius 1 is 1.29 bits per heavy atom. The number of aliphatic hydroxyl groups excluding tert-OH is 1. The van der Waals surface area contributed by atoms with Gasteiger partial charge in [0, 0.05) is 13.2 Å². The van der Waals surface area contributed by atoms with Gasteiger partial charge in [0.05, 0.1) is 11.3 Å². The van der Waals surface area contributed by atoms with Gasteiger partial charge in [0.15, 0.2) is 5.75 Å². The second kappa shape index (κ2) is 6.75. The van der Waals surface area contributed by atoms with Crippen molar-refractivity contribution in [3.8, 4) is 5.75 Å². The Kier molecular flexibility index (Phi) is 5.29. The number of aromatic hydroxyl groups is 1. The molecule has 0 fully saturated rings. The highest BCUT2D eigenvalue weighted by Crippen LogP contribution is 2.23. The third kappa shape index (κ3) is 3.96. The van der Waals surface area contributed by atoms with E-state index in [2.05, 4.69) is 5.32 Å². The molecule has 94 valence electrons. The highest BCUT2D eigenvalue weighted by atomic mass is 16.3. The molecule has 0 saturated heterocycles. The maximum Gasteiger partial charge on any atom is 0.255 e. The molecule has 1 amide bonds. The van der Waals surface area contributed by atoms with Gasteiger partial charge in [-0.25, -0.2) is 0 Å². The summed E-state index contributed by atoms with van der Waals surface area (Å²) in [6.45, 7) is 0.691.